The number of piperidine rings is 1. The van der Waals surface area contributed by atoms with Crippen LogP contribution in [0.15, 0.2) is 48.5 Å². The molecular formula is C24H29FN2O2. The van der Waals surface area contributed by atoms with Crippen LogP contribution in [0, 0.1) is 11.7 Å². The highest BCUT2D eigenvalue weighted by Crippen LogP contribution is 2.44. The van der Waals surface area contributed by atoms with Gasteiger partial charge < -0.3 is 14.5 Å². The lowest BCUT2D eigenvalue weighted by Crippen LogP contribution is -2.50. The molecule has 2 fully saturated rings. The van der Waals surface area contributed by atoms with Crippen LogP contribution in [0.5, 0.6) is 5.75 Å². The zero-order chi connectivity index (χ0) is 20.6. The molecule has 4 rings (SSSR count). The Labute approximate surface area is 172 Å². The predicted octanol–water partition coefficient (Wildman–Crippen LogP) is 4.74. The van der Waals surface area contributed by atoms with Gasteiger partial charge in [-0.2, -0.15) is 0 Å². The summed E-state index contributed by atoms with van der Waals surface area (Å²) in [7, 11) is 0. The van der Waals surface area contributed by atoms with E-state index in [1.807, 2.05) is 42.2 Å². The van der Waals surface area contributed by atoms with Crippen LogP contribution in [-0.4, -0.2) is 42.1 Å². The second kappa shape index (κ2) is 7.69. The number of rotatable bonds is 4. The maximum Gasteiger partial charge on any atom is 0.253 e. The van der Waals surface area contributed by atoms with Crippen molar-refractivity contribution in [1.29, 1.82) is 0 Å². The van der Waals surface area contributed by atoms with Crippen LogP contribution >= 0.6 is 0 Å². The third kappa shape index (κ3) is 3.83. The molecule has 2 heterocycles. The summed E-state index contributed by atoms with van der Waals surface area (Å²) in [6.07, 6.45) is 1.88. The summed E-state index contributed by atoms with van der Waals surface area (Å²) in [5.41, 5.74) is 1.57. The Morgan fingerprint density at radius 2 is 1.97 bits per heavy atom. The molecule has 1 amide bonds. The Kier molecular flexibility index (Phi) is 5.24. The van der Waals surface area contributed by atoms with Gasteiger partial charge in [0, 0.05) is 35.9 Å². The Hall–Kier alpha value is -2.56. The number of fused-ring (bicyclic) bond motifs is 1. The van der Waals surface area contributed by atoms with Gasteiger partial charge in [0.15, 0.2) is 0 Å². The van der Waals surface area contributed by atoms with E-state index in [1.54, 1.807) is 12.1 Å². The van der Waals surface area contributed by atoms with Crippen molar-refractivity contribution in [2.24, 2.45) is 5.92 Å². The number of hydrogen-bond donors (Lipinski definition) is 0. The molecule has 0 aliphatic carbocycles. The number of ether oxygens (including phenoxy) is 1. The molecule has 29 heavy (non-hydrogen) atoms. The summed E-state index contributed by atoms with van der Waals surface area (Å²) in [5, 5.41) is 0. The number of carbonyl (C=O) groups is 1. The lowest BCUT2D eigenvalue weighted by atomic mass is 9.89. The van der Waals surface area contributed by atoms with Gasteiger partial charge >= 0.3 is 0 Å². The second-order valence-corrected chi connectivity index (χ2v) is 8.69. The molecule has 2 saturated heterocycles. The minimum atomic E-state index is -0.204. The first-order valence-corrected chi connectivity index (χ1v) is 10.5. The number of carbonyl (C=O) groups excluding carboxylic acids is 1. The minimum Gasteiger partial charge on any atom is -0.494 e. The van der Waals surface area contributed by atoms with E-state index in [1.165, 1.54) is 6.07 Å². The lowest BCUT2D eigenvalue weighted by molar-refractivity contribution is 0.0667. The SMILES string of the molecule is CCOc1ccc(C(=O)N2CC[C@H]3[C@@H](C2)CC(C)(C)N3c2cccc(F)c2)cc1. The fourth-order valence-electron chi connectivity index (χ4n) is 5.14. The molecule has 2 aromatic rings. The molecule has 0 aromatic heterocycles. The molecule has 154 valence electrons. The van der Waals surface area contributed by atoms with Crippen LogP contribution in [-0.2, 0) is 0 Å². The zero-order valence-corrected chi connectivity index (χ0v) is 17.4. The van der Waals surface area contributed by atoms with Gasteiger partial charge in [-0.15, -0.1) is 0 Å². The molecule has 0 spiro atoms. The van der Waals surface area contributed by atoms with Crippen LogP contribution in [0.25, 0.3) is 0 Å². The van der Waals surface area contributed by atoms with E-state index < -0.39 is 0 Å². The van der Waals surface area contributed by atoms with Crippen molar-refractivity contribution in [3.63, 3.8) is 0 Å². The van der Waals surface area contributed by atoms with E-state index in [9.17, 15) is 9.18 Å². The molecule has 2 aromatic carbocycles. The highest BCUT2D eigenvalue weighted by molar-refractivity contribution is 5.94. The average molecular weight is 397 g/mol. The topological polar surface area (TPSA) is 32.8 Å². The molecule has 2 aliphatic rings. The van der Waals surface area contributed by atoms with Gasteiger partial charge in [0.1, 0.15) is 11.6 Å². The van der Waals surface area contributed by atoms with E-state index in [0.29, 0.717) is 24.1 Å². The van der Waals surface area contributed by atoms with Gasteiger partial charge in [0.05, 0.1) is 6.61 Å². The van der Waals surface area contributed by atoms with E-state index in [2.05, 4.69) is 18.7 Å². The first-order chi connectivity index (χ1) is 13.9. The van der Waals surface area contributed by atoms with E-state index >= 15 is 0 Å². The molecule has 0 unspecified atom stereocenters. The lowest BCUT2D eigenvalue weighted by Gasteiger charge is -2.42. The van der Waals surface area contributed by atoms with Crippen molar-refractivity contribution < 1.29 is 13.9 Å². The van der Waals surface area contributed by atoms with E-state index in [4.69, 9.17) is 4.74 Å². The summed E-state index contributed by atoms with van der Waals surface area (Å²) in [6, 6.07) is 14.6. The summed E-state index contributed by atoms with van der Waals surface area (Å²) in [6.45, 7) is 8.45. The first-order valence-electron chi connectivity index (χ1n) is 10.5. The fourth-order valence-corrected chi connectivity index (χ4v) is 5.14. The molecule has 2 aliphatic heterocycles. The summed E-state index contributed by atoms with van der Waals surface area (Å²) in [4.78, 5) is 17.4. The van der Waals surface area contributed by atoms with Gasteiger partial charge in [-0.05, 0) is 82.0 Å². The smallest absolute Gasteiger partial charge is 0.253 e. The number of likely N-dealkylation sites (tertiary alicyclic amines) is 1. The molecule has 0 bridgehead atoms. The van der Waals surface area contributed by atoms with Gasteiger partial charge in [-0.25, -0.2) is 4.39 Å². The number of nitrogens with zero attached hydrogens (tertiary/aromatic N) is 2. The highest BCUT2D eigenvalue weighted by Gasteiger charge is 2.48. The minimum absolute atomic E-state index is 0.0681. The van der Waals surface area contributed by atoms with Gasteiger partial charge in [-0.1, -0.05) is 6.07 Å². The zero-order valence-electron chi connectivity index (χ0n) is 17.4. The first kappa shape index (κ1) is 19.7. The largest absolute Gasteiger partial charge is 0.494 e. The molecule has 2 atom stereocenters. The maximum absolute atomic E-state index is 13.8. The van der Waals surface area contributed by atoms with Crippen molar-refractivity contribution in [2.75, 3.05) is 24.6 Å². The third-order valence-corrected chi connectivity index (χ3v) is 6.23. The van der Waals surface area contributed by atoms with Gasteiger partial charge in [-0.3, -0.25) is 4.79 Å². The van der Waals surface area contributed by atoms with Gasteiger partial charge in [0.25, 0.3) is 5.91 Å². The van der Waals surface area contributed by atoms with Crippen LogP contribution in [0.1, 0.15) is 44.0 Å². The van der Waals surface area contributed by atoms with Crippen molar-refractivity contribution in [1.82, 2.24) is 4.90 Å². The molecule has 0 saturated carbocycles. The Morgan fingerprint density at radius 1 is 1.21 bits per heavy atom. The Balaban J connectivity index is 1.50. The molecular weight excluding hydrogens is 367 g/mol. The molecule has 0 N–H and O–H groups in total. The third-order valence-electron chi connectivity index (χ3n) is 6.23. The summed E-state index contributed by atoms with van der Waals surface area (Å²) >= 11 is 0. The van der Waals surface area contributed by atoms with E-state index in [-0.39, 0.29) is 17.3 Å². The Morgan fingerprint density at radius 3 is 2.66 bits per heavy atom. The van der Waals surface area contributed by atoms with Crippen molar-refractivity contribution in [2.45, 2.75) is 45.2 Å². The second-order valence-electron chi connectivity index (χ2n) is 8.69. The summed E-state index contributed by atoms with van der Waals surface area (Å²) < 4.78 is 19.3. The molecule has 5 heteroatoms. The van der Waals surface area contributed by atoms with Crippen molar-refractivity contribution in [3.8, 4) is 5.75 Å². The normalized spacial score (nSPS) is 23.0. The number of anilines is 1. The van der Waals surface area contributed by atoms with Crippen LogP contribution in [0.3, 0.4) is 0 Å². The number of halogens is 1. The van der Waals surface area contributed by atoms with Crippen LogP contribution in [0.2, 0.25) is 0 Å². The fraction of sp³-hybridized carbons (Fsp3) is 0.458. The number of hydrogen-bond acceptors (Lipinski definition) is 3. The van der Waals surface area contributed by atoms with Crippen molar-refractivity contribution in [3.05, 3.63) is 59.9 Å². The van der Waals surface area contributed by atoms with Crippen molar-refractivity contribution >= 4 is 11.6 Å². The molecule has 0 radical (unpaired) electrons. The number of benzene rings is 2. The summed E-state index contributed by atoms with van der Waals surface area (Å²) in [5.74, 6) is 1.04. The maximum atomic E-state index is 13.8. The molecule has 4 nitrogen and oxygen atoms in total. The van der Waals surface area contributed by atoms with Gasteiger partial charge in [0.2, 0.25) is 0 Å². The predicted molar refractivity (Wildman–Crippen MR) is 113 cm³/mol. The monoisotopic (exact) mass is 396 g/mol. The number of amides is 1. The average Bonchev–Trinajstić information content (AvgIpc) is 2.97. The van der Waals surface area contributed by atoms with Crippen LogP contribution < -0.4 is 9.64 Å². The quantitative estimate of drug-likeness (QED) is 0.748. The standard InChI is InChI=1S/C24H29FN2O2/c1-4-29-21-10-8-17(9-11-21)23(28)26-13-12-22-18(16-26)15-24(2,3)27(22)20-7-5-6-19(25)14-20/h5-11,14,18,22H,4,12-13,15-16H2,1-3H3/t18-,22+/m1/s1. The highest BCUT2D eigenvalue weighted by atomic mass is 19.1. The van der Waals surface area contributed by atoms with Crippen LogP contribution in [0.4, 0.5) is 10.1 Å². The van der Waals surface area contributed by atoms with E-state index in [0.717, 1.165) is 37.4 Å². The Bertz CT molecular complexity index is 881.